The van der Waals surface area contributed by atoms with Crippen LogP contribution in [0.1, 0.15) is 32.4 Å². The van der Waals surface area contributed by atoms with Crippen molar-refractivity contribution in [1.29, 1.82) is 0 Å². The fraction of sp³-hybridized carbons (Fsp3) is 0.571. The third kappa shape index (κ3) is 4.27. The second kappa shape index (κ2) is 7.34. The van der Waals surface area contributed by atoms with Crippen LogP contribution in [0.15, 0.2) is 18.2 Å². The van der Waals surface area contributed by atoms with Crippen molar-refractivity contribution < 1.29 is 13.9 Å². The normalized spacial score (nSPS) is 14.3. The van der Waals surface area contributed by atoms with Gasteiger partial charge in [0.2, 0.25) is 0 Å². The van der Waals surface area contributed by atoms with E-state index in [2.05, 4.69) is 5.32 Å². The Morgan fingerprint density at radius 1 is 1.33 bits per heavy atom. The average molecular weight is 255 g/mol. The van der Waals surface area contributed by atoms with E-state index in [1.54, 1.807) is 6.07 Å². The molecule has 0 radical (unpaired) electrons. The maximum atomic E-state index is 13.6. The van der Waals surface area contributed by atoms with Crippen LogP contribution in [0.4, 0.5) is 4.39 Å². The van der Waals surface area contributed by atoms with Gasteiger partial charge in [0, 0.05) is 18.7 Å². The average Bonchev–Trinajstić information content (AvgIpc) is 2.36. The number of nitrogens with one attached hydrogen (secondary N) is 1. The Hall–Kier alpha value is -1.13. The minimum absolute atomic E-state index is 0.0702. The van der Waals surface area contributed by atoms with Crippen LogP contribution >= 0.6 is 0 Å². The van der Waals surface area contributed by atoms with Gasteiger partial charge in [-0.2, -0.15) is 0 Å². The molecule has 0 aliphatic carbocycles. The number of rotatable bonds is 7. The van der Waals surface area contributed by atoms with Gasteiger partial charge < -0.3 is 14.8 Å². The summed E-state index contributed by atoms with van der Waals surface area (Å²) in [5.41, 5.74) is 0.900. The zero-order chi connectivity index (χ0) is 13.5. The van der Waals surface area contributed by atoms with E-state index >= 15 is 0 Å². The van der Waals surface area contributed by atoms with Crippen LogP contribution in [-0.2, 0) is 4.74 Å². The number of ether oxygens (including phenoxy) is 2. The summed E-state index contributed by atoms with van der Waals surface area (Å²) in [7, 11) is 1.46. The third-order valence-electron chi connectivity index (χ3n) is 2.78. The van der Waals surface area contributed by atoms with Gasteiger partial charge in [-0.15, -0.1) is 0 Å². The summed E-state index contributed by atoms with van der Waals surface area (Å²) in [6.07, 6.45) is 0. The first-order chi connectivity index (χ1) is 8.58. The van der Waals surface area contributed by atoms with Crippen LogP contribution in [-0.4, -0.2) is 26.4 Å². The minimum Gasteiger partial charge on any atom is -0.494 e. The number of methoxy groups -OCH3 is 1. The van der Waals surface area contributed by atoms with Gasteiger partial charge in [0.05, 0.1) is 13.7 Å². The summed E-state index contributed by atoms with van der Waals surface area (Å²) in [5, 5.41) is 3.36. The second-order valence-corrected chi connectivity index (χ2v) is 4.34. The zero-order valence-electron chi connectivity index (χ0n) is 11.5. The quantitative estimate of drug-likeness (QED) is 0.812. The van der Waals surface area contributed by atoms with Crippen molar-refractivity contribution in [2.75, 3.05) is 20.3 Å². The Morgan fingerprint density at radius 3 is 2.61 bits per heavy atom. The molecule has 0 aliphatic heterocycles. The van der Waals surface area contributed by atoms with E-state index in [0.717, 1.165) is 5.56 Å². The molecular weight excluding hydrogens is 233 g/mol. The molecule has 0 fully saturated rings. The maximum absolute atomic E-state index is 13.6. The van der Waals surface area contributed by atoms with E-state index in [4.69, 9.17) is 9.47 Å². The molecule has 0 aromatic heterocycles. The van der Waals surface area contributed by atoms with Gasteiger partial charge in [0.25, 0.3) is 0 Å². The van der Waals surface area contributed by atoms with E-state index in [9.17, 15) is 4.39 Å². The first-order valence-corrected chi connectivity index (χ1v) is 6.25. The SMILES string of the molecule is CCOCC(C)NC(C)c1ccc(OC)c(F)c1. The van der Waals surface area contributed by atoms with Gasteiger partial charge >= 0.3 is 0 Å². The van der Waals surface area contributed by atoms with Crippen molar-refractivity contribution in [3.63, 3.8) is 0 Å². The van der Waals surface area contributed by atoms with Crippen LogP contribution in [0.25, 0.3) is 0 Å². The second-order valence-electron chi connectivity index (χ2n) is 4.34. The van der Waals surface area contributed by atoms with Crippen molar-refractivity contribution in [3.8, 4) is 5.75 Å². The first-order valence-electron chi connectivity index (χ1n) is 6.25. The molecule has 0 saturated carbocycles. The lowest BCUT2D eigenvalue weighted by molar-refractivity contribution is 0.124. The van der Waals surface area contributed by atoms with Crippen molar-refractivity contribution in [2.45, 2.75) is 32.9 Å². The van der Waals surface area contributed by atoms with E-state index in [0.29, 0.717) is 13.2 Å². The predicted molar refractivity (Wildman–Crippen MR) is 70.5 cm³/mol. The highest BCUT2D eigenvalue weighted by Gasteiger charge is 2.12. The van der Waals surface area contributed by atoms with E-state index in [1.165, 1.54) is 13.2 Å². The first kappa shape index (κ1) is 14.9. The fourth-order valence-corrected chi connectivity index (χ4v) is 1.82. The van der Waals surface area contributed by atoms with Gasteiger partial charge in [0.1, 0.15) is 0 Å². The molecule has 1 aromatic carbocycles. The number of hydrogen-bond donors (Lipinski definition) is 1. The van der Waals surface area contributed by atoms with Crippen molar-refractivity contribution in [1.82, 2.24) is 5.32 Å². The lowest BCUT2D eigenvalue weighted by Gasteiger charge is -2.20. The Bertz CT molecular complexity index is 371. The Balaban J connectivity index is 2.61. The zero-order valence-corrected chi connectivity index (χ0v) is 11.5. The van der Waals surface area contributed by atoms with Crippen molar-refractivity contribution in [3.05, 3.63) is 29.6 Å². The molecule has 0 saturated heterocycles. The molecule has 0 spiro atoms. The maximum Gasteiger partial charge on any atom is 0.165 e. The Morgan fingerprint density at radius 2 is 2.06 bits per heavy atom. The molecule has 102 valence electrons. The van der Waals surface area contributed by atoms with E-state index in [1.807, 2.05) is 26.8 Å². The molecule has 3 nitrogen and oxygen atoms in total. The van der Waals surface area contributed by atoms with Crippen molar-refractivity contribution >= 4 is 0 Å². The third-order valence-corrected chi connectivity index (χ3v) is 2.78. The van der Waals surface area contributed by atoms with E-state index in [-0.39, 0.29) is 23.7 Å². The van der Waals surface area contributed by atoms with Gasteiger partial charge in [-0.3, -0.25) is 0 Å². The lowest BCUT2D eigenvalue weighted by Crippen LogP contribution is -2.32. The number of hydrogen-bond acceptors (Lipinski definition) is 3. The monoisotopic (exact) mass is 255 g/mol. The number of halogens is 1. The largest absolute Gasteiger partial charge is 0.494 e. The summed E-state index contributed by atoms with van der Waals surface area (Å²) in [6.45, 7) is 7.38. The molecule has 0 heterocycles. The Kier molecular flexibility index (Phi) is 6.09. The molecule has 1 N–H and O–H groups in total. The molecule has 0 amide bonds. The molecule has 1 aromatic rings. The van der Waals surface area contributed by atoms with Gasteiger partial charge in [-0.1, -0.05) is 6.07 Å². The minimum atomic E-state index is -0.332. The molecule has 2 atom stereocenters. The molecule has 0 bridgehead atoms. The number of benzene rings is 1. The summed E-state index contributed by atoms with van der Waals surface area (Å²) < 4.78 is 23.8. The highest BCUT2D eigenvalue weighted by molar-refractivity contribution is 5.30. The molecular formula is C14H22FNO2. The van der Waals surface area contributed by atoms with Crippen LogP contribution in [0.2, 0.25) is 0 Å². The van der Waals surface area contributed by atoms with Gasteiger partial charge in [0.15, 0.2) is 11.6 Å². The summed E-state index contributed by atoms with van der Waals surface area (Å²) >= 11 is 0. The van der Waals surface area contributed by atoms with Crippen molar-refractivity contribution in [2.24, 2.45) is 0 Å². The van der Waals surface area contributed by atoms with Gasteiger partial charge in [-0.25, -0.2) is 4.39 Å². The highest BCUT2D eigenvalue weighted by atomic mass is 19.1. The predicted octanol–water partition coefficient (Wildman–Crippen LogP) is 2.91. The Labute approximate surface area is 108 Å². The fourth-order valence-electron chi connectivity index (χ4n) is 1.82. The molecule has 4 heteroatoms. The summed E-state index contributed by atoms with van der Waals surface area (Å²) in [4.78, 5) is 0. The van der Waals surface area contributed by atoms with Crippen LogP contribution in [0, 0.1) is 5.82 Å². The smallest absolute Gasteiger partial charge is 0.165 e. The van der Waals surface area contributed by atoms with Crippen LogP contribution in [0.3, 0.4) is 0 Å². The highest BCUT2D eigenvalue weighted by Crippen LogP contribution is 2.21. The standard InChI is InChI=1S/C14H22FNO2/c1-5-18-9-10(2)16-11(3)12-6-7-14(17-4)13(15)8-12/h6-8,10-11,16H,5,9H2,1-4H3. The summed E-state index contributed by atoms with van der Waals surface area (Å²) in [6, 6.07) is 5.32. The lowest BCUT2D eigenvalue weighted by atomic mass is 10.1. The molecule has 1 rings (SSSR count). The molecule has 18 heavy (non-hydrogen) atoms. The topological polar surface area (TPSA) is 30.5 Å². The van der Waals surface area contributed by atoms with Crippen LogP contribution < -0.4 is 10.1 Å². The molecule has 2 unspecified atom stereocenters. The van der Waals surface area contributed by atoms with Crippen LogP contribution in [0.5, 0.6) is 5.75 Å². The summed E-state index contributed by atoms with van der Waals surface area (Å²) in [5.74, 6) is -0.0607. The van der Waals surface area contributed by atoms with E-state index < -0.39 is 0 Å². The molecule has 0 aliphatic rings. The van der Waals surface area contributed by atoms with Gasteiger partial charge in [-0.05, 0) is 38.5 Å².